The molecule has 23 heavy (non-hydrogen) atoms. The molecule has 120 valence electrons. The number of aliphatic hydroxyl groups excluding tert-OH is 1. The van der Waals surface area contributed by atoms with E-state index in [1.165, 1.54) is 6.07 Å². The van der Waals surface area contributed by atoms with Gasteiger partial charge in [-0.05, 0) is 36.8 Å². The van der Waals surface area contributed by atoms with Gasteiger partial charge >= 0.3 is 0 Å². The average molecular weight is 317 g/mol. The highest BCUT2D eigenvalue weighted by atomic mass is 19.2. The second kappa shape index (κ2) is 6.34. The van der Waals surface area contributed by atoms with Crippen LogP contribution in [0.2, 0.25) is 0 Å². The fourth-order valence-corrected chi connectivity index (χ4v) is 2.43. The molecule has 1 aromatic heterocycles. The molecule has 0 aliphatic heterocycles. The van der Waals surface area contributed by atoms with E-state index in [9.17, 15) is 13.9 Å². The molecular weight excluding hydrogens is 300 g/mol. The Kier molecular flexibility index (Phi) is 4.25. The lowest BCUT2D eigenvalue weighted by atomic mass is 10.2. The average Bonchev–Trinajstić information content (AvgIpc) is 2.87. The molecule has 1 heterocycles. The number of nitrogens with one attached hydrogen (secondary N) is 1. The van der Waals surface area contributed by atoms with Crippen LogP contribution in [0.5, 0.6) is 0 Å². The van der Waals surface area contributed by atoms with Crippen molar-refractivity contribution in [1.82, 2.24) is 9.55 Å². The Labute approximate surface area is 132 Å². The normalized spacial score (nSPS) is 12.5. The van der Waals surface area contributed by atoms with Crippen LogP contribution in [0.1, 0.15) is 12.5 Å². The Hall–Kier alpha value is -2.47. The highest BCUT2D eigenvalue weighted by molar-refractivity contribution is 5.78. The largest absolute Gasteiger partial charge is 0.392 e. The van der Waals surface area contributed by atoms with Gasteiger partial charge in [0.2, 0.25) is 5.95 Å². The predicted molar refractivity (Wildman–Crippen MR) is 85.4 cm³/mol. The quantitative estimate of drug-likeness (QED) is 0.760. The fourth-order valence-electron chi connectivity index (χ4n) is 2.43. The van der Waals surface area contributed by atoms with E-state index in [-0.39, 0.29) is 0 Å². The molecule has 0 fully saturated rings. The van der Waals surface area contributed by atoms with Crippen LogP contribution < -0.4 is 5.32 Å². The van der Waals surface area contributed by atoms with Crippen LogP contribution in [0.15, 0.2) is 42.5 Å². The third-order valence-corrected chi connectivity index (χ3v) is 3.53. The number of nitrogens with zero attached hydrogens (tertiary/aromatic N) is 2. The van der Waals surface area contributed by atoms with Gasteiger partial charge in [-0.1, -0.05) is 18.2 Å². The third kappa shape index (κ3) is 3.32. The highest BCUT2D eigenvalue weighted by Crippen LogP contribution is 2.22. The summed E-state index contributed by atoms with van der Waals surface area (Å²) in [6.07, 6.45) is -0.522. The van der Waals surface area contributed by atoms with Crippen molar-refractivity contribution in [3.63, 3.8) is 0 Å². The zero-order chi connectivity index (χ0) is 16.4. The monoisotopic (exact) mass is 317 g/mol. The van der Waals surface area contributed by atoms with Gasteiger partial charge in [-0.3, -0.25) is 0 Å². The Morgan fingerprint density at radius 1 is 1.17 bits per heavy atom. The van der Waals surface area contributed by atoms with Gasteiger partial charge in [-0.2, -0.15) is 0 Å². The van der Waals surface area contributed by atoms with Crippen LogP contribution >= 0.6 is 0 Å². The maximum Gasteiger partial charge on any atom is 0.204 e. The summed E-state index contributed by atoms with van der Waals surface area (Å²) in [5.74, 6) is -1.15. The van der Waals surface area contributed by atoms with E-state index in [1.54, 1.807) is 13.0 Å². The summed E-state index contributed by atoms with van der Waals surface area (Å²) >= 11 is 0. The van der Waals surface area contributed by atoms with Gasteiger partial charge in [0.05, 0.1) is 23.7 Å². The van der Waals surface area contributed by atoms with E-state index in [4.69, 9.17) is 0 Å². The van der Waals surface area contributed by atoms with Crippen molar-refractivity contribution in [3.05, 3.63) is 59.7 Å². The molecule has 2 aromatic carbocycles. The number of rotatable bonds is 5. The van der Waals surface area contributed by atoms with Crippen molar-refractivity contribution in [3.8, 4) is 0 Å². The maximum absolute atomic E-state index is 13.4. The topological polar surface area (TPSA) is 50.1 Å². The molecule has 1 unspecified atom stereocenters. The summed E-state index contributed by atoms with van der Waals surface area (Å²) in [5.41, 5.74) is 2.31. The van der Waals surface area contributed by atoms with E-state index >= 15 is 0 Å². The van der Waals surface area contributed by atoms with Crippen molar-refractivity contribution in [2.24, 2.45) is 0 Å². The van der Waals surface area contributed by atoms with Crippen LogP contribution in [0.4, 0.5) is 14.7 Å². The second-order valence-corrected chi connectivity index (χ2v) is 5.49. The lowest BCUT2D eigenvalue weighted by Gasteiger charge is -2.12. The summed E-state index contributed by atoms with van der Waals surface area (Å²) in [5, 5.41) is 12.5. The zero-order valence-corrected chi connectivity index (χ0v) is 12.6. The molecule has 3 rings (SSSR count). The van der Waals surface area contributed by atoms with Gasteiger partial charge in [0, 0.05) is 6.54 Å². The van der Waals surface area contributed by atoms with Gasteiger partial charge in [-0.25, -0.2) is 13.8 Å². The first kappa shape index (κ1) is 15.4. The molecule has 0 spiro atoms. The molecular formula is C17H17F2N3O. The number of halogens is 2. The minimum atomic E-state index is -0.870. The van der Waals surface area contributed by atoms with Crippen molar-refractivity contribution in [2.75, 3.05) is 11.9 Å². The Balaban J connectivity index is 1.99. The summed E-state index contributed by atoms with van der Waals surface area (Å²) in [4.78, 5) is 4.49. The number of hydrogen-bond donors (Lipinski definition) is 2. The molecule has 0 amide bonds. The van der Waals surface area contributed by atoms with Gasteiger partial charge in [0.25, 0.3) is 0 Å². The molecule has 6 heteroatoms. The summed E-state index contributed by atoms with van der Waals surface area (Å²) < 4.78 is 28.4. The standard InChI is InChI=1S/C17H17F2N3O/c1-11(23)9-20-17-21-15-4-2-3-5-16(15)22(17)10-12-6-7-13(18)14(19)8-12/h2-8,11,23H,9-10H2,1H3,(H,20,21). The van der Waals surface area contributed by atoms with Gasteiger partial charge < -0.3 is 15.0 Å². The summed E-state index contributed by atoms with van der Waals surface area (Å²) in [6.45, 7) is 2.37. The Morgan fingerprint density at radius 2 is 1.96 bits per heavy atom. The predicted octanol–water partition coefficient (Wildman–Crippen LogP) is 3.16. The zero-order valence-electron chi connectivity index (χ0n) is 12.6. The smallest absolute Gasteiger partial charge is 0.204 e. The number of imidazole rings is 1. The van der Waals surface area contributed by atoms with E-state index in [0.717, 1.165) is 17.1 Å². The van der Waals surface area contributed by atoms with E-state index in [0.29, 0.717) is 24.6 Å². The molecule has 0 radical (unpaired) electrons. The number of para-hydroxylation sites is 2. The van der Waals surface area contributed by atoms with E-state index in [2.05, 4.69) is 10.3 Å². The molecule has 0 aliphatic carbocycles. The molecule has 0 bridgehead atoms. The first-order chi connectivity index (χ1) is 11.0. The van der Waals surface area contributed by atoms with Crippen LogP contribution in [-0.4, -0.2) is 27.3 Å². The first-order valence-corrected chi connectivity index (χ1v) is 7.35. The Morgan fingerprint density at radius 3 is 2.70 bits per heavy atom. The van der Waals surface area contributed by atoms with Crippen molar-refractivity contribution in [1.29, 1.82) is 0 Å². The minimum Gasteiger partial charge on any atom is -0.392 e. The molecule has 2 N–H and O–H groups in total. The summed E-state index contributed by atoms with van der Waals surface area (Å²) in [7, 11) is 0. The molecule has 4 nitrogen and oxygen atoms in total. The van der Waals surface area contributed by atoms with Crippen molar-refractivity contribution in [2.45, 2.75) is 19.6 Å². The summed E-state index contributed by atoms with van der Waals surface area (Å²) in [6, 6.07) is 11.4. The third-order valence-electron chi connectivity index (χ3n) is 3.53. The molecule has 0 saturated carbocycles. The van der Waals surface area contributed by atoms with Gasteiger partial charge in [-0.15, -0.1) is 0 Å². The van der Waals surface area contributed by atoms with Crippen molar-refractivity contribution >= 4 is 17.0 Å². The number of aliphatic hydroxyl groups is 1. The number of benzene rings is 2. The van der Waals surface area contributed by atoms with Crippen LogP contribution in [0, 0.1) is 11.6 Å². The minimum absolute atomic E-state index is 0.347. The Bertz CT molecular complexity index is 830. The van der Waals surface area contributed by atoms with Gasteiger partial charge in [0.1, 0.15) is 0 Å². The number of fused-ring (bicyclic) bond motifs is 1. The number of anilines is 1. The molecule has 0 saturated heterocycles. The molecule has 1 atom stereocenters. The second-order valence-electron chi connectivity index (χ2n) is 5.49. The SMILES string of the molecule is CC(O)CNc1nc2ccccc2n1Cc1ccc(F)c(F)c1. The lowest BCUT2D eigenvalue weighted by molar-refractivity contribution is 0.208. The van der Waals surface area contributed by atoms with Crippen LogP contribution in [0.25, 0.3) is 11.0 Å². The lowest BCUT2D eigenvalue weighted by Crippen LogP contribution is -2.18. The number of hydrogen-bond acceptors (Lipinski definition) is 3. The fraction of sp³-hybridized carbons (Fsp3) is 0.235. The number of aromatic nitrogens is 2. The highest BCUT2D eigenvalue weighted by Gasteiger charge is 2.12. The van der Waals surface area contributed by atoms with Crippen LogP contribution in [0.3, 0.4) is 0 Å². The molecule has 3 aromatic rings. The van der Waals surface area contributed by atoms with E-state index in [1.807, 2.05) is 28.8 Å². The maximum atomic E-state index is 13.4. The van der Waals surface area contributed by atoms with Crippen molar-refractivity contribution < 1.29 is 13.9 Å². The molecule has 0 aliphatic rings. The van der Waals surface area contributed by atoms with E-state index < -0.39 is 17.7 Å². The first-order valence-electron chi connectivity index (χ1n) is 7.35. The van der Waals surface area contributed by atoms with Crippen LogP contribution in [-0.2, 0) is 6.54 Å². The van der Waals surface area contributed by atoms with Gasteiger partial charge in [0.15, 0.2) is 11.6 Å².